The van der Waals surface area contributed by atoms with E-state index >= 15 is 0 Å². The highest BCUT2D eigenvalue weighted by atomic mass is 32.2. The first-order valence-corrected chi connectivity index (χ1v) is 8.48. The van der Waals surface area contributed by atoms with Crippen LogP contribution in [0.25, 0.3) is 5.69 Å². The zero-order chi connectivity index (χ0) is 16.9. The van der Waals surface area contributed by atoms with Crippen molar-refractivity contribution in [1.82, 2.24) is 20.2 Å². The molecule has 0 unspecified atom stereocenters. The number of hydrogen-bond donors (Lipinski definition) is 0. The molecule has 2 aromatic carbocycles. The summed E-state index contributed by atoms with van der Waals surface area (Å²) >= 11 is 1.51. The van der Waals surface area contributed by atoms with Crippen LogP contribution in [-0.4, -0.2) is 32.6 Å². The second-order valence-electron chi connectivity index (χ2n) is 5.37. The SMILES string of the molecule is Cc1cc(C)cc(-n2nnnc2SCCOc2ccc(F)cc2)c1. The van der Waals surface area contributed by atoms with Gasteiger partial charge in [-0.05, 0) is 71.8 Å². The number of tetrazole rings is 1. The molecule has 0 spiro atoms. The Morgan fingerprint density at radius 1 is 1.08 bits per heavy atom. The molecular weight excluding hydrogens is 327 g/mol. The van der Waals surface area contributed by atoms with Gasteiger partial charge in [-0.2, -0.15) is 4.68 Å². The first-order valence-electron chi connectivity index (χ1n) is 7.50. The minimum absolute atomic E-state index is 0.274. The third-order valence-electron chi connectivity index (χ3n) is 3.29. The second kappa shape index (κ2) is 7.44. The maximum absolute atomic E-state index is 12.8. The lowest BCUT2D eigenvalue weighted by Crippen LogP contribution is -2.04. The van der Waals surface area contributed by atoms with Gasteiger partial charge in [0.05, 0.1) is 12.3 Å². The van der Waals surface area contributed by atoms with E-state index in [-0.39, 0.29) is 5.82 Å². The lowest BCUT2D eigenvalue weighted by atomic mass is 10.1. The van der Waals surface area contributed by atoms with Crippen LogP contribution in [0.3, 0.4) is 0 Å². The number of aromatic nitrogens is 4. The van der Waals surface area contributed by atoms with Crippen LogP contribution < -0.4 is 4.74 Å². The van der Waals surface area contributed by atoms with Gasteiger partial charge in [0.15, 0.2) is 0 Å². The summed E-state index contributed by atoms with van der Waals surface area (Å²) in [5, 5.41) is 12.6. The highest BCUT2D eigenvalue weighted by molar-refractivity contribution is 7.99. The zero-order valence-electron chi connectivity index (χ0n) is 13.4. The van der Waals surface area contributed by atoms with Crippen LogP contribution in [0.5, 0.6) is 5.75 Å². The van der Waals surface area contributed by atoms with Gasteiger partial charge in [-0.15, -0.1) is 5.10 Å². The van der Waals surface area contributed by atoms with Gasteiger partial charge in [-0.1, -0.05) is 17.8 Å². The predicted molar refractivity (Wildman–Crippen MR) is 91.2 cm³/mol. The van der Waals surface area contributed by atoms with Gasteiger partial charge in [0.25, 0.3) is 0 Å². The van der Waals surface area contributed by atoms with Crippen LogP contribution >= 0.6 is 11.8 Å². The molecule has 0 N–H and O–H groups in total. The molecule has 3 rings (SSSR count). The van der Waals surface area contributed by atoms with Crippen molar-refractivity contribution in [2.75, 3.05) is 12.4 Å². The topological polar surface area (TPSA) is 52.8 Å². The fraction of sp³-hybridized carbons (Fsp3) is 0.235. The quantitative estimate of drug-likeness (QED) is 0.505. The van der Waals surface area contributed by atoms with Gasteiger partial charge in [0.1, 0.15) is 11.6 Å². The van der Waals surface area contributed by atoms with Crippen LogP contribution in [0.1, 0.15) is 11.1 Å². The number of ether oxygens (including phenoxy) is 1. The number of hydrogen-bond acceptors (Lipinski definition) is 5. The molecule has 0 atom stereocenters. The maximum Gasteiger partial charge on any atom is 0.214 e. The van der Waals surface area contributed by atoms with Gasteiger partial charge < -0.3 is 4.74 Å². The third kappa shape index (κ3) is 4.11. The van der Waals surface area contributed by atoms with E-state index in [0.29, 0.717) is 23.3 Å². The minimum Gasteiger partial charge on any atom is -0.493 e. The lowest BCUT2D eigenvalue weighted by Gasteiger charge is -2.08. The highest BCUT2D eigenvalue weighted by Gasteiger charge is 2.09. The van der Waals surface area contributed by atoms with Crippen molar-refractivity contribution in [3.63, 3.8) is 0 Å². The van der Waals surface area contributed by atoms with Gasteiger partial charge in [-0.3, -0.25) is 0 Å². The molecule has 0 fully saturated rings. The van der Waals surface area contributed by atoms with Crippen molar-refractivity contribution >= 4 is 11.8 Å². The first-order chi connectivity index (χ1) is 11.6. The van der Waals surface area contributed by atoms with Crippen LogP contribution in [0.15, 0.2) is 47.6 Å². The monoisotopic (exact) mass is 344 g/mol. The standard InChI is InChI=1S/C17H17FN4OS/c1-12-9-13(2)11-15(10-12)22-17(19-20-21-22)24-8-7-23-16-5-3-14(18)4-6-16/h3-6,9-11H,7-8H2,1-2H3. The Morgan fingerprint density at radius 3 is 2.50 bits per heavy atom. The molecule has 0 saturated heterocycles. The Labute approximate surface area is 143 Å². The molecule has 7 heteroatoms. The molecule has 3 aromatic rings. The Bertz CT molecular complexity index is 799. The molecule has 5 nitrogen and oxygen atoms in total. The first kappa shape index (κ1) is 16.4. The lowest BCUT2D eigenvalue weighted by molar-refractivity contribution is 0.343. The summed E-state index contributed by atoms with van der Waals surface area (Å²) in [4.78, 5) is 0. The summed E-state index contributed by atoms with van der Waals surface area (Å²) < 4.78 is 20.1. The number of thioether (sulfide) groups is 1. The molecule has 0 aliphatic rings. The highest BCUT2D eigenvalue weighted by Crippen LogP contribution is 2.20. The second-order valence-corrected chi connectivity index (χ2v) is 6.43. The van der Waals surface area contributed by atoms with E-state index in [2.05, 4.69) is 21.6 Å². The number of benzene rings is 2. The number of halogens is 1. The minimum atomic E-state index is -0.274. The van der Waals surface area contributed by atoms with E-state index < -0.39 is 0 Å². The summed E-state index contributed by atoms with van der Waals surface area (Å²) in [6.07, 6.45) is 0. The van der Waals surface area contributed by atoms with Crippen molar-refractivity contribution in [3.8, 4) is 11.4 Å². The summed E-state index contributed by atoms with van der Waals surface area (Å²) in [6.45, 7) is 4.57. The molecule has 124 valence electrons. The van der Waals surface area contributed by atoms with Crippen LogP contribution in [0.4, 0.5) is 4.39 Å². The van der Waals surface area contributed by atoms with Crippen molar-refractivity contribution in [2.45, 2.75) is 19.0 Å². The van der Waals surface area contributed by atoms with Crippen molar-refractivity contribution < 1.29 is 9.13 Å². The van der Waals surface area contributed by atoms with E-state index in [1.165, 1.54) is 23.9 Å². The average Bonchev–Trinajstić information content (AvgIpc) is 3.01. The summed E-state index contributed by atoms with van der Waals surface area (Å²) in [5.41, 5.74) is 3.27. The number of rotatable bonds is 6. The van der Waals surface area contributed by atoms with Crippen molar-refractivity contribution in [3.05, 3.63) is 59.4 Å². The molecule has 0 radical (unpaired) electrons. The van der Waals surface area contributed by atoms with E-state index in [9.17, 15) is 4.39 Å². The maximum atomic E-state index is 12.8. The molecule has 1 aromatic heterocycles. The van der Waals surface area contributed by atoms with E-state index in [4.69, 9.17) is 4.74 Å². The Balaban J connectivity index is 1.60. The summed E-state index contributed by atoms with van der Waals surface area (Å²) in [7, 11) is 0. The van der Waals surface area contributed by atoms with Crippen molar-refractivity contribution in [2.24, 2.45) is 0 Å². The number of nitrogens with zero attached hydrogens (tertiary/aromatic N) is 4. The molecule has 1 heterocycles. The van der Waals surface area contributed by atoms with E-state index in [1.54, 1.807) is 16.8 Å². The smallest absolute Gasteiger partial charge is 0.214 e. The third-order valence-corrected chi connectivity index (χ3v) is 4.17. The molecule has 0 aliphatic carbocycles. The molecule has 0 amide bonds. The fourth-order valence-electron chi connectivity index (χ4n) is 2.33. The van der Waals surface area contributed by atoms with Crippen LogP contribution in [0.2, 0.25) is 0 Å². The van der Waals surface area contributed by atoms with Crippen LogP contribution in [-0.2, 0) is 0 Å². The molecule has 0 aliphatic heterocycles. The Hall–Kier alpha value is -2.41. The van der Waals surface area contributed by atoms with Crippen molar-refractivity contribution in [1.29, 1.82) is 0 Å². The van der Waals surface area contributed by atoms with Gasteiger partial charge in [0.2, 0.25) is 5.16 Å². The summed E-state index contributed by atoms with van der Waals surface area (Å²) in [5.74, 6) is 1.05. The predicted octanol–water partition coefficient (Wildman–Crippen LogP) is 3.59. The largest absolute Gasteiger partial charge is 0.493 e. The average molecular weight is 344 g/mol. The Kier molecular flexibility index (Phi) is 5.10. The summed E-state index contributed by atoms with van der Waals surface area (Å²) in [6, 6.07) is 12.2. The van der Waals surface area contributed by atoms with Gasteiger partial charge >= 0.3 is 0 Å². The molecule has 0 saturated carbocycles. The fourth-order valence-corrected chi connectivity index (χ4v) is 3.03. The molecular formula is C17H17FN4OS. The molecule has 0 bridgehead atoms. The molecule has 24 heavy (non-hydrogen) atoms. The van der Waals surface area contributed by atoms with Gasteiger partial charge in [-0.25, -0.2) is 4.39 Å². The van der Waals surface area contributed by atoms with Crippen LogP contribution in [0, 0.1) is 19.7 Å². The number of aryl methyl sites for hydroxylation is 2. The van der Waals surface area contributed by atoms with E-state index in [0.717, 1.165) is 16.8 Å². The van der Waals surface area contributed by atoms with E-state index in [1.807, 2.05) is 26.0 Å². The normalized spacial score (nSPS) is 10.8. The van der Waals surface area contributed by atoms with Gasteiger partial charge in [0, 0.05) is 5.75 Å². The Morgan fingerprint density at radius 2 is 1.79 bits per heavy atom. The zero-order valence-corrected chi connectivity index (χ0v) is 14.3.